The van der Waals surface area contributed by atoms with E-state index in [1.807, 2.05) is 6.92 Å². The Kier molecular flexibility index (Phi) is 8.21. The van der Waals surface area contributed by atoms with E-state index in [9.17, 15) is 22.9 Å². The summed E-state index contributed by atoms with van der Waals surface area (Å²) in [4.78, 5) is 12.1. The Labute approximate surface area is 143 Å². The van der Waals surface area contributed by atoms with Gasteiger partial charge in [-0.25, -0.2) is 0 Å². The van der Waals surface area contributed by atoms with Gasteiger partial charge in [0, 0.05) is 12.8 Å². The fourth-order valence-corrected chi connectivity index (χ4v) is 3.36. The fourth-order valence-electron chi connectivity index (χ4n) is 2.50. The second-order valence-electron chi connectivity index (χ2n) is 5.88. The Morgan fingerprint density at radius 3 is 2.58 bits per heavy atom. The molecule has 1 aromatic rings. The Balaban J connectivity index is 2.59. The maximum atomic E-state index is 12.1. The normalized spacial score (nSPS) is 12.8. The smallest absolute Gasteiger partial charge is 0.268 e. The molecule has 6 nitrogen and oxygen atoms in total. The van der Waals surface area contributed by atoms with E-state index in [4.69, 9.17) is 4.74 Å². The lowest BCUT2D eigenvalue weighted by Gasteiger charge is -2.13. The monoisotopic (exact) mass is 358 g/mol. The van der Waals surface area contributed by atoms with E-state index < -0.39 is 15.4 Å². The molecule has 0 fully saturated rings. The molecule has 0 radical (unpaired) electrons. The van der Waals surface area contributed by atoms with Crippen LogP contribution in [0.25, 0.3) is 0 Å². The first-order chi connectivity index (χ1) is 11.3. The predicted octanol–water partition coefficient (Wildman–Crippen LogP) is 3.13. The van der Waals surface area contributed by atoms with Crippen LogP contribution in [-0.4, -0.2) is 36.2 Å². The molecule has 0 aliphatic carbocycles. The average molecular weight is 358 g/mol. The number of aromatic hydroxyl groups is 1. The first-order valence-electron chi connectivity index (χ1n) is 8.11. The number of unbranched alkanes of at least 4 members (excludes halogenated alkanes) is 2. The zero-order valence-corrected chi connectivity index (χ0v) is 15.0. The van der Waals surface area contributed by atoms with Crippen LogP contribution in [0.3, 0.4) is 0 Å². The highest BCUT2D eigenvalue weighted by atomic mass is 32.2. The molecule has 0 aromatic heterocycles. The molecule has 0 saturated heterocycles. The topological polar surface area (TPSA) is 101 Å². The van der Waals surface area contributed by atoms with Gasteiger partial charge in [-0.05, 0) is 30.5 Å². The number of hydrogen-bond donors (Lipinski definition) is 2. The number of Topliss-reactive ketones (excluding diaryl/α,β-unsaturated/α-hetero) is 1. The van der Waals surface area contributed by atoms with Crippen LogP contribution in [0.15, 0.2) is 18.2 Å². The summed E-state index contributed by atoms with van der Waals surface area (Å²) in [5.41, 5.74) is 0.812. The molecular formula is C17H26O6S. The summed E-state index contributed by atoms with van der Waals surface area (Å²) in [5.74, 6) is 0.145. The summed E-state index contributed by atoms with van der Waals surface area (Å²) in [6.45, 7) is 2.00. The van der Waals surface area contributed by atoms with Crippen LogP contribution in [0.5, 0.6) is 11.5 Å². The molecule has 0 spiro atoms. The molecule has 0 amide bonds. The number of rotatable bonds is 11. The Morgan fingerprint density at radius 1 is 1.29 bits per heavy atom. The molecule has 7 heteroatoms. The van der Waals surface area contributed by atoms with E-state index in [-0.39, 0.29) is 24.4 Å². The van der Waals surface area contributed by atoms with Crippen LogP contribution >= 0.6 is 0 Å². The minimum absolute atomic E-state index is 0.0231. The van der Waals surface area contributed by atoms with Gasteiger partial charge in [-0.3, -0.25) is 9.35 Å². The lowest BCUT2D eigenvalue weighted by molar-refractivity contribution is -0.119. The van der Waals surface area contributed by atoms with Gasteiger partial charge in [0.2, 0.25) is 0 Å². The van der Waals surface area contributed by atoms with Crippen LogP contribution in [-0.2, 0) is 21.3 Å². The zero-order chi connectivity index (χ0) is 18.2. The van der Waals surface area contributed by atoms with Crippen molar-refractivity contribution in [3.63, 3.8) is 0 Å². The van der Waals surface area contributed by atoms with Crippen LogP contribution < -0.4 is 4.74 Å². The van der Waals surface area contributed by atoms with Crippen LogP contribution in [0, 0.1) is 0 Å². The highest BCUT2D eigenvalue weighted by Crippen LogP contribution is 2.27. The van der Waals surface area contributed by atoms with Gasteiger partial charge in [0.15, 0.2) is 11.5 Å². The van der Waals surface area contributed by atoms with Gasteiger partial charge in [0.1, 0.15) is 5.78 Å². The summed E-state index contributed by atoms with van der Waals surface area (Å²) in [7, 11) is -2.77. The third-order valence-electron chi connectivity index (χ3n) is 3.94. The van der Waals surface area contributed by atoms with Crippen LogP contribution in [0.1, 0.15) is 51.0 Å². The largest absolute Gasteiger partial charge is 0.504 e. The first-order valence-corrected chi connectivity index (χ1v) is 9.62. The maximum Gasteiger partial charge on any atom is 0.268 e. The van der Waals surface area contributed by atoms with Gasteiger partial charge in [-0.1, -0.05) is 32.3 Å². The van der Waals surface area contributed by atoms with Crippen molar-refractivity contribution in [2.24, 2.45) is 0 Å². The summed E-state index contributed by atoms with van der Waals surface area (Å²) >= 11 is 0. The number of phenols is 1. The number of methoxy groups -OCH3 is 1. The minimum Gasteiger partial charge on any atom is -0.504 e. The summed E-state index contributed by atoms with van der Waals surface area (Å²) in [6, 6.07) is 4.82. The molecule has 1 unspecified atom stereocenters. The Hall–Kier alpha value is -1.60. The number of ketones is 1. The van der Waals surface area contributed by atoms with E-state index in [0.29, 0.717) is 25.0 Å². The molecule has 0 aliphatic heterocycles. The quantitative estimate of drug-likeness (QED) is 0.465. The van der Waals surface area contributed by atoms with E-state index in [1.54, 1.807) is 12.1 Å². The van der Waals surface area contributed by atoms with Crippen LogP contribution in [0.4, 0.5) is 0 Å². The van der Waals surface area contributed by atoms with Gasteiger partial charge in [0.05, 0.1) is 12.4 Å². The van der Waals surface area contributed by atoms with E-state index >= 15 is 0 Å². The molecule has 0 heterocycles. The molecular weight excluding hydrogens is 332 g/mol. The molecule has 1 aromatic carbocycles. The Morgan fingerprint density at radius 2 is 2.00 bits per heavy atom. The molecule has 24 heavy (non-hydrogen) atoms. The SMILES string of the molecule is CCCCCC(CC(=O)CCc1ccc(O)c(OC)c1)S(=O)(=O)O. The highest BCUT2D eigenvalue weighted by Gasteiger charge is 2.25. The number of carbonyl (C=O) groups is 1. The van der Waals surface area contributed by atoms with Crippen LogP contribution in [0.2, 0.25) is 0 Å². The third kappa shape index (κ3) is 6.88. The van der Waals surface area contributed by atoms with E-state index in [1.165, 1.54) is 13.2 Å². The molecule has 0 aliphatic rings. The summed E-state index contributed by atoms with van der Waals surface area (Å²) in [5, 5.41) is 8.51. The van der Waals surface area contributed by atoms with Gasteiger partial charge in [-0.2, -0.15) is 8.42 Å². The van der Waals surface area contributed by atoms with Gasteiger partial charge in [0.25, 0.3) is 10.1 Å². The minimum atomic E-state index is -4.21. The number of ether oxygens (including phenoxy) is 1. The highest BCUT2D eigenvalue weighted by molar-refractivity contribution is 7.86. The van der Waals surface area contributed by atoms with Crippen molar-refractivity contribution in [3.8, 4) is 11.5 Å². The third-order valence-corrected chi connectivity index (χ3v) is 5.19. The van der Waals surface area contributed by atoms with Crippen molar-refractivity contribution in [2.75, 3.05) is 7.11 Å². The fraction of sp³-hybridized carbons (Fsp3) is 0.588. The zero-order valence-electron chi connectivity index (χ0n) is 14.2. The standard InChI is InChI=1S/C17H26O6S/c1-3-4-5-6-15(24(20,21)22)12-14(18)9-7-13-8-10-16(19)17(11-13)23-2/h8,10-11,15,19H,3-7,9,12H2,1-2H3,(H,20,21,22). The van der Waals surface area contributed by atoms with Crippen molar-refractivity contribution < 1.29 is 27.6 Å². The summed E-state index contributed by atoms with van der Waals surface area (Å²) < 4.78 is 37.1. The number of benzene rings is 1. The molecule has 136 valence electrons. The van der Waals surface area contributed by atoms with Crippen molar-refractivity contribution >= 4 is 15.9 Å². The van der Waals surface area contributed by atoms with Gasteiger partial charge < -0.3 is 9.84 Å². The Bertz CT molecular complexity index is 638. The van der Waals surface area contributed by atoms with E-state index in [2.05, 4.69) is 0 Å². The van der Waals surface area contributed by atoms with Crippen molar-refractivity contribution in [3.05, 3.63) is 23.8 Å². The number of carbonyl (C=O) groups excluding carboxylic acids is 1. The number of hydrogen-bond acceptors (Lipinski definition) is 5. The van der Waals surface area contributed by atoms with Gasteiger partial charge in [-0.15, -0.1) is 0 Å². The lowest BCUT2D eigenvalue weighted by atomic mass is 10.0. The van der Waals surface area contributed by atoms with E-state index in [0.717, 1.165) is 18.4 Å². The maximum absolute atomic E-state index is 12.1. The lowest BCUT2D eigenvalue weighted by Crippen LogP contribution is -2.24. The van der Waals surface area contributed by atoms with Crippen molar-refractivity contribution in [1.82, 2.24) is 0 Å². The average Bonchev–Trinajstić information content (AvgIpc) is 2.52. The molecule has 0 bridgehead atoms. The second-order valence-corrected chi connectivity index (χ2v) is 7.58. The number of aryl methyl sites for hydroxylation is 1. The molecule has 1 rings (SSSR count). The summed E-state index contributed by atoms with van der Waals surface area (Å²) in [6.07, 6.45) is 3.20. The molecule has 0 saturated carbocycles. The first kappa shape index (κ1) is 20.4. The van der Waals surface area contributed by atoms with Crippen molar-refractivity contribution in [2.45, 2.75) is 57.1 Å². The number of phenolic OH excluding ortho intramolecular Hbond substituents is 1. The van der Waals surface area contributed by atoms with Gasteiger partial charge >= 0.3 is 0 Å². The second kappa shape index (κ2) is 9.64. The molecule has 1 atom stereocenters. The predicted molar refractivity (Wildman–Crippen MR) is 92.1 cm³/mol. The van der Waals surface area contributed by atoms with Crippen molar-refractivity contribution in [1.29, 1.82) is 0 Å². The molecule has 2 N–H and O–H groups in total.